The van der Waals surface area contributed by atoms with Crippen LogP contribution in [0.15, 0.2) is 41.2 Å². The van der Waals surface area contributed by atoms with Gasteiger partial charge in [0.25, 0.3) is 5.91 Å². The number of rotatable bonds is 7. The first-order valence-corrected chi connectivity index (χ1v) is 10.7. The molecule has 0 bridgehead atoms. The molecular formula is C21H28N2O4S. The fourth-order valence-electron chi connectivity index (χ4n) is 3.08. The van der Waals surface area contributed by atoms with Gasteiger partial charge in [0, 0.05) is 11.6 Å². The summed E-state index contributed by atoms with van der Waals surface area (Å²) in [6.45, 7) is 3.97. The third-order valence-corrected chi connectivity index (χ3v) is 5.48. The fraction of sp³-hybridized carbons (Fsp3) is 0.476. The number of hydrogen-bond acceptors (Lipinski definition) is 5. The first-order chi connectivity index (χ1) is 13.4. The maximum atomic E-state index is 12.2. The minimum atomic E-state index is -0.967. The first kappa shape index (κ1) is 22.0. The second-order valence-electron chi connectivity index (χ2n) is 6.94. The molecule has 0 saturated heterocycles. The summed E-state index contributed by atoms with van der Waals surface area (Å²) in [4.78, 5) is 27.6. The van der Waals surface area contributed by atoms with Crippen molar-refractivity contribution in [3.8, 4) is 0 Å². The Morgan fingerprint density at radius 2 is 1.82 bits per heavy atom. The van der Waals surface area contributed by atoms with Crippen molar-refractivity contribution in [1.29, 1.82) is 0 Å². The second kappa shape index (κ2) is 10.9. The molecule has 0 aliphatic heterocycles. The van der Waals surface area contributed by atoms with E-state index in [1.807, 2.05) is 6.26 Å². The SMILES string of the molecule is C/C=C(/N=C(\SC)c1ccc(C(=O)O)cc1)OCC(=O)NC1CCC(C)CC1. The number of carboxylic acid groups (broad SMARTS) is 1. The highest BCUT2D eigenvalue weighted by Gasteiger charge is 2.20. The number of amides is 1. The lowest BCUT2D eigenvalue weighted by Crippen LogP contribution is -2.39. The van der Waals surface area contributed by atoms with Gasteiger partial charge in [-0.15, -0.1) is 11.8 Å². The molecule has 1 aromatic carbocycles. The van der Waals surface area contributed by atoms with Gasteiger partial charge in [-0.25, -0.2) is 9.79 Å². The van der Waals surface area contributed by atoms with Gasteiger partial charge in [-0.2, -0.15) is 0 Å². The number of carboxylic acids is 1. The van der Waals surface area contributed by atoms with Gasteiger partial charge in [-0.3, -0.25) is 4.79 Å². The number of benzene rings is 1. The quantitative estimate of drug-likeness (QED) is 0.406. The van der Waals surface area contributed by atoms with Gasteiger partial charge >= 0.3 is 5.97 Å². The summed E-state index contributed by atoms with van der Waals surface area (Å²) in [5.74, 6) is -0.00214. The summed E-state index contributed by atoms with van der Waals surface area (Å²) in [7, 11) is 0. The zero-order valence-corrected chi connectivity index (χ0v) is 17.4. The molecule has 6 nitrogen and oxygen atoms in total. The van der Waals surface area contributed by atoms with Crippen molar-refractivity contribution in [1.82, 2.24) is 5.32 Å². The molecule has 2 N–H and O–H groups in total. The Balaban J connectivity index is 1.93. The van der Waals surface area contributed by atoms with Gasteiger partial charge in [0.2, 0.25) is 5.88 Å². The third kappa shape index (κ3) is 6.71. The normalized spacial score (nSPS) is 20.5. The summed E-state index contributed by atoms with van der Waals surface area (Å²) in [5.41, 5.74) is 1.02. The van der Waals surface area contributed by atoms with E-state index in [0.29, 0.717) is 10.9 Å². The fourth-order valence-corrected chi connectivity index (χ4v) is 3.63. The van der Waals surface area contributed by atoms with Crippen LogP contribution in [0.1, 0.15) is 55.5 Å². The van der Waals surface area contributed by atoms with Gasteiger partial charge in [0.05, 0.1) is 5.56 Å². The molecule has 0 aromatic heterocycles. The summed E-state index contributed by atoms with van der Waals surface area (Å²) < 4.78 is 5.59. The summed E-state index contributed by atoms with van der Waals surface area (Å²) in [5, 5.41) is 12.7. The van der Waals surface area contributed by atoms with E-state index in [9.17, 15) is 9.59 Å². The van der Waals surface area contributed by atoms with E-state index in [4.69, 9.17) is 9.84 Å². The van der Waals surface area contributed by atoms with E-state index >= 15 is 0 Å². The molecule has 1 aliphatic carbocycles. The Bertz CT molecular complexity index is 735. The van der Waals surface area contributed by atoms with Crippen LogP contribution in [-0.4, -0.2) is 40.9 Å². The maximum Gasteiger partial charge on any atom is 0.335 e. The van der Waals surface area contributed by atoms with Gasteiger partial charge in [-0.05, 0) is 63.0 Å². The molecule has 0 unspecified atom stereocenters. The molecule has 1 aliphatic rings. The lowest BCUT2D eigenvalue weighted by atomic mass is 9.87. The zero-order chi connectivity index (χ0) is 20.5. The molecule has 0 heterocycles. The molecular weight excluding hydrogens is 376 g/mol. The number of hydrogen-bond donors (Lipinski definition) is 2. The van der Waals surface area contributed by atoms with Crippen LogP contribution in [0.4, 0.5) is 0 Å². The largest absolute Gasteiger partial charge is 0.478 e. The van der Waals surface area contributed by atoms with Crippen molar-refractivity contribution in [2.24, 2.45) is 10.9 Å². The molecule has 0 spiro atoms. The molecule has 152 valence electrons. The predicted octanol–water partition coefficient (Wildman–Crippen LogP) is 4.07. The lowest BCUT2D eigenvalue weighted by molar-refractivity contribution is -0.125. The van der Waals surface area contributed by atoms with Crippen LogP contribution in [0, 0.1) is 5.92 Å². The van der Waals surface area contributed by atoms with Crippen molar-refractivity contribution in [2.45, 2.75) is 45.6 Å². The highest BCUT2D eigenvalue weighted by molar-refractivity contribution is 8.13. The second-order valence-corrected chi connectivity index (χ2v) is 7.74. The molecule has 7 heteroatoms. The van der Waals surface area contributed by atoms with Gasteiger partial charge in [0.15, 0.2) is 6.61 Å². The van der Waals surface area contributed by atoms with Crippen molar-refractivity contribution in [3.05, 3.63) is 47.4 Å². The van der Waals surface area contributed by atoms with Crippen molar-refractivity contribution in [2.75, 3.05) is 12.9 Å². The minimum absolute atomic E-state index is 0.0746. The molecule has 0 radical (unpaired) electrons. The van der Waals surface area contributed by atoms with Crippen molar-refractivity contribution >= 4 is 28.7 Å². The van der Waals surface area contributed by atoms with E-state index in [0.717, 1.165) is 37.2 Å². The van der Waals surface area contributed by atoms with Crippen LogP contribution in [-0.2, 0) is 9.53 Å². The first-order valence-electron chi connectivity index (χ1n) is 9.47. The number of nitrogens with one attached hydrogen (secondary N) is 1. The Hall–Kier alpha value is -2.28. The highest BCUT2D eigenvalue weighted by Crippen LogP contribution is 2.23. The van der Waals surface area contributed by atoms with Crippen LogP contribution in [0.5, 0.6) is 0 Å². The van der Waals surface area contributed by atoms with Crippen molar-refractivity contribution in [3.63, 3.8) is 0 Å². The molecule has 2 rings (SSSR count). The Kier molecular flexibility index (Phi) is 8.57. The average molecular weight is 405 g/mol. The number of thioether (sulfide) groups is 1. The predicted molar refractivity (Wildman–Crippen MR) is 113 cm³/mol. The van der Waals surface area contributed by atoms with Crippen LogP contribution >= 0.6 is 11.8 Å². The molecule has 1 amide bonds. The van der Waals surface area contributed by atoms with E-state index in [1.54, 1.807) is 25.1 Å². The number of aliphatic imine (C=N–C) groups is 1. The van der Waals surface area contributed by atoms with Crippen LogP contribution in [0.2, 0.25) is 0 Å². The molecule has 28 heavy (non-hydrogen) atoms. The van der Waals surface area contributed by atoms with E-state index in [1.165, 1.54) is 23.9 Å². The van der Waals surface area contributed by atoms with E-state index in [-0.39, 0.29) is 24.1 Å². The highest BCUT2D eigenvalue weighted by atomic mass is 32.2. The number of nitrogens with zero attached hydrogens (tertiary/aromatic N) is 1. The summed E-state index contributed by atoms with van der Waals surface area (Å²) in [6, 6.07) is 6.74. The van der Waals surface area contributed by atoms with Crippen LogP contribution < -0.4 is 5.32 Å². The number of allylic oxidation sites excluding steroid dienone is 1. The molecule has 1 aromatic rings. The van der Waals surface area contributed by atoms with E-state index in [2.05, 4.69) is 17.2 Å². The monoisotopic (exact) mass is 404 g/mol. The number of ether oxygens (including phenoxy) is 1. The van der Waals surface area contributed by atoms with Crippen LogP contribution in [0.25, 0.3) is 0 Å². The molecule has 1 fully saturated rings. The Labute approximate surface area is 170 Å². The smallest absolute Gasteiger partial charge is 0.335 e. The number of aromatic carboxylic acids is 1. The minimum Gasteiger partial charge on any atom is -0.478 e. The summed E-state index contributed by atoms with van der Waals surface area (Å²) >= 11 is 1.43. The molecule has 0 atom stereocenters. The topological polar surface area (TPSA) is 88.0 Å². The van der Waals surface area contributed by atoms with Crippen molar-refractivity contribution < 1.29 is 19.4 Å². The average Bonchev–Trinajstić information content (AvgIpc) is 2.70. The van der Waals surface area contributed by atoms with Crippen LogP contribution in [0.3, 0.4) is 0 Å². The standard InChI is InChI=1S/C21H28N2O4S/c1-4-19(27-13-18(24)22-17-11-5-14(2)6-12-17)23-20(28-3)15-7-9-16(10-8-15)21(25)26/h4,7-10,14,17H,5-6,11-13H2,1-3H3,(H,22,24)(H,25,26)/b19-4-,23-20-. The molecule has 1 saturated carbocycles. The Morgan fingerprint density at radius 1 is 1.21 bits per heavy atom. The van der Waals surface area contributed by atoms with Gasteiger partial charge in [0.1, 0.15) is 5.04 Å². The van der Waals surface area contributed by atoms with E-state index < -0.39 is 5.97 Å². The van der Waals surface area contributed by atoms with Gasteiger partial charge < -0.3 is 15.2 Å². The third-order valence-electron chi connectivity index (χ3n) is 4.76. The van der Waals surface area contributed by atoms with Gasteiger partial charge in [-0.1, -0.05) is 19.1 Å². The number of carbonyl (C=O) groups excluding carboxylic acids is 1. The lowest BCUT2D eigenvalue weighted by Gasteiger charge is -2.26. The maximum absolute atomic E-state index is 12.2. The zero-order valence-electron chi connectivity index (χ0n) is 16.6. The summed E-state index contributed by atoms with van der Waals surface area (Å²) in [6.07, 6.45) is 7.92. The number of carbonyl (C=O) groups is 2. The Morgan fingerprint density at radius 3 is 2.36 bits per heavy atom.